The molecule has 3 aromatic rings. The Balaban J connectivity index is 2.25. The average molecular weight is 308 g/mol. The summed E-state index contributed by atoms with van der Waals surface area (Å²) < 4.78 is 52.6. The van der Waals surface area contributed by atoms with Crippen molar-refractivity contribution in [2.75, 3.05) is 0 Å². The van der Waals surface area contributed by atoms with Crippen LogP contribution in [0.3, 0.4) is 0 Å². The number of nitrogens with zero attached hydrogens (tertiary/aromatic N) is 2. The molecule has 0 spiro atoms. The van der Waals surface area contributed by atoms with Crippen LogP contribution in [0.5, 0.6) is 0 Å². The first-order chi connectivity index (χ1) is 9.91. The lowest BCUT2D eigenvalue weighted by atomic mass is 10.2. The van der Waals surface area contributed by atoms with E-state index < -0.39 is 21.7 Å². The van der Waals surface area contributed by atoms with E-state index in [4.69, 9.17) is 0 Å². The quantitative estimate of drug-likeness (QED) is 0.731. The lowest BCUT2D eigenvalue weighted by Crippen LogP contribution is -2.12. The summed E-state index contributed by atoms with van der Waals surface area (Å²) in [6, 6.07) is 7.41. The van der Waals surface area contributed by atoms with Gasteiger partial charge in [0.25, 0.3) is 10.0 Å². The average Bonchev–Trinajstić information content (AvgIpc) is 2.89. The maximum absolute atomic E-state index is 13.6. The van der Waals surface area contributed by atoms with Gasteiger partial charge in [-0.3, -0.25) is 0 Å². The molecule has 0 atom stereocenters. The zero-order chi connectivity index (χ0) is 15.2. The van der Waals surface area contributed by atoms with Gasteiger partial charge in [-0.15, -0.1) is 0 Å². The van der Waals surface area contributed by atoms with Crippen molar-refractivity contribution in [1.82, 2.24) is 8.96 Å². The van der Waals surface area contributed by atoms with Gasteiger partial charge in [-0.2, -0.15) is 0 Å². The Morgan fingerprint density at radius 1 is 1.10 bits per heavy atom. The molecule has 108 valence electrons. The van der Waals surface area contributed by atoms with Crippen molar-refractivity contribution in [3.8, 4) is 0 Å². The van der Waals surface area contributed by atoms with Crippen LogP contribution >= 0.6 is 0 Å². The molecule has 21 heavy (non-hydrogen) atoms. The molecule has 1 aromatic carbocycles. The van der Waals surface area contributed by atoms with Crippen LogP contribution in [0.1, 0.15) is 5.56 Å². The molecule has 0 aliphatic carbocycles. The van der Waals surface area contributed by atoms with Crippen LogP contribution in [0.2, 0.25) is 0 Å². The third kappa shape index (κ3) is 2.09. The molecule has 2 heterocycles. The van der Waals surface area contributed by atoms with Gasteiger partial charge in [0.15, 0.2) is 17.3 Å². The number of halogens is 2. The van der Waals surface area contributed by atoms with Gasteiger partial charge in [-0.1, -0.05) is 17.7 Å². The van der Waals surface area contributed by atoms with E-state index in [-0.39, 0.29) is 15.9 Å². The van der Waals surface area contributed by atoms with Crippen molar-refractivity contribution in [2.24, 2.45) is 0 Å². The van der Waals surface area contributed by atoms with Crippen molar-refractivity contribution in [3.05, 3.63) is 59.9 Å². The van der Waals surface area contributed by atoms with Gasteiger partial charge in [0, 0.05) is 6.20 Å². The molecule has 7 heteroatoms. The Hall–Kier alpha value is -2.28. The summed E-state index contributed by atoms with van der Waals surface area (Å²) in [7, 11) is -3.90. The van der Waals surface area contributed by atoms with Gasteiger partial charge in [0.05, 0.1) is 16.5 Å². The molecule has 0 bridgehead atoms. The van der Waals surface area contributed by atoms with Gasteiger partial charge in [0.2, 0.25) is 0 Å². The highest BCUT2D eigenvalue weighted by atomic mass is 32.2. The van der Waals surface area contributed by atoms with E-state index in [9.17, 15) is 17.2 Å². The number of fused-ring (bicyclic) bond motifs is 1. The SMILES string of the molecule is Cc1ccc(S(=O)(=O)n2ccc3c(F)c(F)cnc32)cc1. The standard InChI is InChI=1S/C14H10F2N2O2S/c1-9-2-4-10(5-3-9)21(19,20)18-7-6-11-13(16)12(15)8-17-14(11)18/h2-8H,1H3. The van der Waals surface area contributed by atoms with Gasteiger partial charge in [-0.25, -0.2) is 26.2 Å². The lowest BCUT2D eigenvalue weighted by molar-refractivity contribution is 0.513. The Morgan fingerprint density at radius 3 is 2.43 bits per heavy atom. The second kappa shape index (κ2) is 4.63. The summed E-state index contributed by atoms with van der Waals surface area (Å²) in [6.07, 6.45) is 1.83. The molecule has 0 radical (unpaired) electrons. The molecule has 3 rings (SSSR count). The summed E-state index contributed by atoms with van der Waals surface area (Å²) in [5, 5.41) is -0.175. The van der Waals surface area contributed by atoms with E-state index in [1.807, 2.05) is 6.92 Å². The van der Waals surface area contributed by atoms with E-state index in [1.165, 1.54) is 18.2 Å². The minimum Gasteiger partial charge on any atom is -0.234 e. The predicted octanol–water partition coefficient (Wildman–Crippen LogP) is 2.86. The van der Waals surface area contributed by atoms with E-state index in [0.29, 0.717) is 6.20 Å². The Bertz CT molecular complexity index is 932. The second-order valence-corrected chi connectivity index (χ2v) is 6.40. The molecule has 0 saturated heterocycles. The second-order valence-electron chi connectivity index (χ2n) is 4.59. The number of pyridine rings is 1. The topological polar surface area (TPSA) is 52.0 Å². The van der Waals surface area contributed by atoms with Crippen molar-refractivity contribution < 1.29 is 17.2 Å². The zero-order valence-corrected chi connectivity index (χ0v) is 11.7. The fourth-order valence-corrected chi connectivity index (χ4v) is 3.33. The number of aromatic nitrogens is 2. The smallest absolute Gasteiger partial charge is 0.234 e. The van der Waals surface area contributed by atoms with Crippen LogP contribution in [0.15, 0.2) is 47.6 Å². The summed E-state index contributed by atoms with van der Waals surface area (Å²) in [5.41, 5.74) is 0.770. The number of rotatable bonds is 2. The van der Waals surface area contributed by atoms with Gasteiger partial charge < -0.3 is 0 Å². The molecular weight excluding hydrogens is 298 g/mol. The van der Waals surface area contributed by atoms with Crippen molar-refractivity contribution in [2.45, 2.75) is 11.8 Å². The first-order valence-corrected chi connectivity index (χ1v) is 7.48. The number of aryl methyl sites for hydroxylation is 1. The molecular formula is C14H10F2N2O2S. The molecule has 4 nitrogen and oxygen atoms in total. The van der Waals surface area contributed by atoms with Crippen LogP contribution in [-0.4, -0.2) is 17.4 Å². The monoisotopic (exact) mass is 308 g/mol. The third-order valence-electron chi connectivity index (χ3n) is 3.15. The van der Waals surface area contributed by atoms with Crippen LogP contribution < -0.4 is 0 Å². The number of benzene rings is 1. The highest BCUT2D eigenvalue weighted by Gasteiger charge is 2.21. The maximum atomic E-state index is 13.6. The van der Waals surface area contributed by atoms with Crippen LogP contribution in [0.25, 0.3) is 11.0 Å². The van der Waals surface area contributed by atoms with Crippen LogP contribution in [0, 0.1) is 18.6 Å². The van der Waals surface area contributed by atoms with Gasteiger partial charge in [-0.05, 0) is 25.1 Å². The summed E-state index contributed by atoms with van der Waals surface area (Å²) in [4.78, 5) is 3.73. The third-order valence-corrected chi connectivity index (χ3v) is 4.83. The number of hydrogen-bond donors (Lipinski definition) is 0. The summed E-state index contributed by atoms with van der Waals surface area (Å²) in [5.74, 6) is -2.23. The Labute approximate surface area is 119 Å². The highest BCUT2D eigenvalue weighted by Crippen LogP contribution is 2.23. The van der Waals surface area contributed by atoms with Gasteiger partial charge in [0.1, 0.15) is 0 Å². The molecule has 0 fully saturated rings. The minimum atomic E-state index is -3.90. The normalized spacial score (nSPS) is 12.0. The molecule has 0 saturated carbocycles. The van der Waals surface area contributed by atoms with Gasteiger partial charge >= 0.3 is 0 Å². The van der Waals surface area contributed by atoms with E-state index >= 15 is 0 Å². The summed E-state index contributed by atoms with van der Waals surface area (Å²) in [6.45, 7) is 1.83. The van der Waals surface area contributed by atoms with Crippen molar-refractivity contribution in [1.29, 1.82) is 0 Å². The molecule has 0 aliphatic heterocycles. The van der Waals surface area contributed by atoms with Crippen molar-refractivity contribution in [3.63, 3.8) is 0 Å². The largest absolute Gasteiger partial charge is 0.269 e. The molecule has 0 amide bonds. The lowest BCUT2D eigenvalue weighted by Gasteiger charge is -2.07. The van der Waals surface area contributed by atoms with Crippen LogP contribution in [0.4, 0.5) is 8.78 Å². The predicted molar refractivity (Wildman–Crippen MR) is 73.4 cm³/mol. The van der Waals surface area contributed by atoms with E-state index in [1.54, 1.807) is 12.1 Å². The maximum Gasteiger partial charge on any atom is 0.269 e. The first kappa shape index (κ1) is 13.7. The fourth-order valence-electron chi connectivity index (χ4n) is 2.02. The Morgan fingerprint density at radius 2 is 1.76 bits per heavy atom. The number of hydrogen-bond acceptors (Lipinski definition) is 3. The molecule has 2 aromatic heterocycles. The minimum absolute atomic E-state index is 0.0529. The molecule has 0 N–H and O–H groups in total. The fraction of sp³-hybridized carbons (Fsp3) is 0.0714. The zero-order valence-electron chi connectivity index (χ0n) is 10.9. The molecule has 0 aliphatic rings. The van der Waals surface area contributed by atoms with E-state index in [0.717, 1.165) is 15.7 Å². The molecule has 0 unspecified atom stereocenters. The van der Waals surface area contributed by atoms with E-state index in [2.05, 4.69) is 4.98 Å². The Kier molecular flexibility index (Phi) is 3.02. The summed E-state index contributed by atoms with van der Waals surface area (Å²) >= 11 is 0. The van der Waals surface area contributed by atoms with Crippen molar-refractivity contribution >= 4 is 21.1 Å². The van der Waals surface area contributed by atoms with Crippen LogP contribution in [-0.2, 0) is 10.0 Å². The first-order valence-electron chi connectivity index (χ1n) is 6.04. The highest BCUT2D eigenvalue weighted by molar-refractivity contribution is 7.90.